The van der Waals surface area contributed by atoms with Crippen molar-refractivity contribution in [2.45, 2.75) is 12.1 Å². The fraction of sp³-hybridized carbons (Fsp3) is 0.125. The van der Waals surface area contributed by atoms with Crippen LogP contribution in [-0.2, 0) is 0 Å². The number of benzene rings is 1. The molecule has 1 aromatic carbocycles. The van der Waals surface area contributed by atoms with Crippen LogP contribution in [0, 0.1) is 0 Å². The molecule has 0 aliphatic carbocycles. The number of pyridine rings is 2. The minimum absolute atomic E-state index is 0.106. The minimum atomic E-state index is -0.110. The van der Waals surface area contributed by atoms with Gasteiger partial charge < -0.3 is 19.5 Å². The van der Waals surface area contributed by atoms with E-state index in [9.17, 15) is 0 Å². The Kier molecular flexibility index (Phi) is 5.09. The lowest BCUT2D eigenvalue weighted by Gasteiger charge is -2.29. The molecule has 0 spiro atoms. The van der Waals surface area contributed by atoms with Crippen molar-refractivity contribution in [1.29, 1.82) is 0 Å². The Bertz CT molecular complexity index is 1180. The van der Waals surface area contributed by atoms with Gasteiger partial charge in [0.2, 0.25) is 0 Å². The van der Waals surface area contributed by atoms with E-state index in [0.29, 0.717) is 5.11 Å². The average Bonchev–Trinajstić information content (AvgIpc) is 3.44. The Labute approximate surface area is 186 Å². The van der Waals surface area contributed by atoms with Crippen LogP contribution in [0.1, 0.15) is 23.5 Å². The predicted molar refractivity (Wildman–Crippen MR) is 124 cm³/mol. The number of thiocarbonyl (C=S) groups is 1. The molecule has 154 valence electrons. The Morgan fingerprint density at radius 3 is 2.52 bits per heavy atom. The van der Waals surface area contributed by atoms with E-state index in [4.69, 9.17) is 17.0 Å². The van der Waals surface area contributed by atoms with E-state index in [-0.39, 0.29) is 12.1 Å². The maximum absolute atomic E-state index is 5.81. The molecule has 1 aliphatic rings. The maximum Gasteiger partial charge on any atom is 0.174 e. The highest BCUT2D eigenvalue weighted by molar-refractivity contribution is 7.80. The van der Waals surface area contributed by atoms with Gasteiger partial charge in [-0.1, -0.05) is 6.07 Å². The van der Waals surface area contributed by atoms with E-state index in [1.807, 2.05) is 73.1 Å². The number of nitrogens with zero attached hydrogens (tertiary/aromatic N) is 4. The quantitative estimate of drug-likeness (QED) is 0.475. The summed E-state index contributed by atoms with van der Waals surface area (Å²) in [5.41, 5.74) is 4.01. The van der Waals surface area contributed by atoms with Crippen molar-refractivity contribution in [2.24, 2.45) is 0 Å². The van der Waals surface area contributed by atoms with Gasteiger partial charge in [0.15, 0.2) is 5.11 Å². The smallest absolute Gasteiger partial charge is 0.174 e. The van der Waals surface area contributed by atoms with Crippen LogP contribution >= 0.6 is 12.2 Å². The first-order valence-electron chi connectivity index (χ1n) is 9.98. The molecule has 3 aromatic heterocycles. The van der Waals surface area contributed by atoms with Gasteiger partial charge in [0.25, 0.3) is 0 Å². The highest BCUT2D eigenvalue weighted by Crippen LogP contribution is 2.42. The van der Waals surface area contributed by atoms with Crippen LogP contribution in [0.4, 0.5) is 5.69 Å². The largest absolute Gasteiger partial charge is 0.497 e. The summed E-state index contributed by atoms with van der Waals surface area (Å²) < 4.78 is 7.49. The first-order chi connectivity index (χ1) is 15.3. The second-order valence-corrected chi connectivity index (χ2v) is 7.60. The van der Waals surface area contributed by atoms with Crippen LogP contribution in [0.2, 0.25) is 0 Å². The standard InChI is InChI=1S/C24H21N5OS/c1-30-19-11-9-17(10-12-19)29-23(22(27-24(29)31)20-7-2-3-14-26-20)21-8-5-15-28(21)18-6-4-13-25-16-18/h2-16,22-23H,1H3,(H,27,31)/t22-,23-/m0/s1. The monoisotopic (exact) mass is 427 g/mol. The number of hydrogen-bond donors (Lipinski definition) is 1. The SMILES string of the molecule is COc1ccc(N2C(=S)N[C@@H](c3ccccn3)[C@@H]2c2cccn2-c2cccnc2)cc1. The number of methoxy groups -OCH3 is 1. The molecule has 4 aromatic rings. The second kappa shape index (κ2) is 8.20. The third kappa shape index (κ3) is 3.53. The van der Waals surface area contributed by atoms with Gasteiger partial charge in [0, 0.05) is 30.0 Å². The maximum atomic E-state index is 5.81. The summed E-state index contributed by atoms with van der Waals surface area (Å²) in [6.07, 6.45) is 7.50. The first kappa shape index (κ1) is 19.3. The normalized spacial score (nSPS) is 18.1. The Balaban J connectivity index is 1.65. The van der Waals surface area contributed by atoms with Crippen molar-refractivity contribution in [3.8, 4) is 11.4 Å². The zero-order valence-electron chi connectivity index (χ0n) is 16.9. The summed E-state index contributed by atoms with van der Waals surface area (Å²) >= 11 is 5.81. The summed E-state index contributed by atoms with van der Waals surface area (Å²) in [7, 11) is 1.66. The van der Waals surface area contributed by atoms with Gasteiger partial charge in [-0.3, -0.25) is 9.97 Å². The number of aromatic nitrogens is 3. The summed E-state index contributed by atoms with van der Waals surface area (Å²) in [6, 6.07) is 21.8. The average molecular weight is 428 g/mol. The molecule has 5 rings (SSSR count). The van der Waals surface area contributed by atoms with Crippen molar-refractivity contribution < 1.29 is 4.74 Å². The minimum Gasteiger partial charge on any atom is -0.497 e. The van der Waals surface area contributed by atoms with Gasteiger partial charge in [-0.2, -0.15) is 0 Å². The molecule has 1 N–H and O–H groups in total. The summed E-state index contributed by atoms with van der Waals surface area (Å²) in [4.78, 5) is 11.1. The van der Waals surface area contributed by atoms with Gasteiger partial charge in [0.1, 0.15) is 11.8 Å². The molecular weight excluding hydrogens is 406 g/mol. The molecule has 6 nitrogen and oxygen atoms in total. The van der Waals surface area contributed by atoms with Crippen LogP contribution in [0.15, 0.2) is 91.5 Å². The summed E-state index contributed by atoms with van der Waals surface area (Å²) in [5.74, 6) is 0.804. The van der Waals surface area contributed by atoms with Gasteiger partial charge in [0.05, 0.1) is 30.7 Å². The van der Waals surface area contributed by atoms with E-state index in [0.717, 1.165) is 28.5 Å². The molecular formula is C24H21N5OS. The Morgan fingerprint density at radius 2 is 1.81 bits per heavy atom. The molecule has 7 heteroatoms. The molecule has 0 bridgehead atoms. The van der Waals surface area contributed by atoms with Crippen molar-refractivity contribution in [3.05, 3.63) is 103 Å². The van der Waals surface area contributed by atoms with Crippen molar-refractivity contribution >= 4 is 23.0 Å². The van der Waals surface area contributed by atoms with E-state index in [1.54, 1.807) is 13.3 Å². The molecule has 0 amide bonds. The van der Waals surface area contributed by atoms with E-state index in [2.05, 4.69) is 37.0 Å². The molecule has 31 heavy (non-hydrogen) atoms. The number of nitrogens with one attached hydrogen (secondary N) is 1. The molecule has 1 aliphatic heterocycles. The van der Waals surface area contributed by atoms with Crippen LogP contribution < -0.4 is 15.0 Å². The molecule has 0 saturated carbocycles. The molecule has 2 atom stereocenters. The molecule has 0 radical (unpaired) electrons. The highest BCUT2D eigenvalue weighted by atomic mass is 32.1. The lowest BCUT2D eigenvalue weighted by atomic mass is 10.0. The molecule has 0 unspecified atom stereocenters. The van der Waals surface area contributed by atoms with Crippen LogP contribution in [0.5, 0.6) is 5.75 Å². The van der Waals surface area contributed by atoms with Gasteiger partial charge in [-0.05, 0) is 72.9 Å². The predicted octanol–water partition coefficient (Wildman–Crippen LogP) is 4.45. The van der Waals surface area contributed by atoms with Gasteiger partial charge in [-0.15, -0.1) is 0 Å². The van der Waals surface area contributed by atoms with Gasteiger partial charge >= 0.3 is 0 Å². The third-order valence-electron chi connectivity index (χ3n) is 5.46. The highest BCUT2D eigenvalue weighted by Gasteiger charge is 2.42. The molecule has 1 fully saturated rings. The van der Waals surface area contributed by atoms with E-state index < -0.39 is 0 Å². The van der Waals surface area contributed by atoms with Crippen molar-refractivity contribution in [3.63, 3.8) is 0 Å². The molecule has 1 saturated heterocycles. The Hall–Kier alpha value is -3.71. The van der Waals surface area contributed by atoms with Crippen LogP contribution in [0.25, 0.3) is 5.69 Å². The topological polar surface area (TPSA) is 55.2 Å². The fourth-order valence-electron chi connectivity index (χ4n) is 4.04. The van der Waals surface area contributed by atoms with Crippen LogP contribution in [0.3, 0.4) is 0 Å². The number of ether oxygens (including phenoxy) is 1. The van der Waals surface area contributed by atoms with Crippen molar-refractivity contribution in [1.82, 2.24) is 19.9 Å². The zero-order chi connectivity index (χ0) is 21.2. The zero-order valence-corrected chi connectivity index (χ0v) is 17.7. The third-order valence-corrected chi connectivity index (χ3v) is 5.77. The number of rotatable bonds is 5. The van der Waals surface area contributed by atoms with Crippen molar-refractivity contribution in [2.75, 3.05) is 12.0 Å². The molecule has 4 heterocycles. The van der Waals surface area contributed by atoms with E-state index in [1.165, 1.54) is 0 Å². The first-order valence-corrected chi connectivity index (χ1v) is 10.4. The Morgan fingerprint density at radius 1 is 0.935 bits per heavy atom. The lowest BCUT2D eigenvalue weighted by Crippen LogP contribution is -2.30. The second-order valence-electron chi connectivity index (χ2n) is 7.21. The number of hydrogen-bond acceptors (Lipinski definition) is 4. The number of anilines is 1. The lowest BCUT2D eigenvalue weighted by molar-refractivity contribution is 0.415. The van der Waals surface area contributed by atoms with E-state index >= 15 is 0 Å². The fourth-order valence-corrected chi connectivity index (χ4v) is 4.39. The summed E-state index contributed by atoms with van der Waals surface area (Å²) in [5, 5.41) is 4.16. The van der Waals surface area contributed by atoms with Crippen LogP contribution in [-0.4, -0.2) is 26.8 Å². The van der Waals surface area contributed by atoms with Gasteiger partial charge in [-0.25, -0.2) is 0 Å². The summed E-state index contributed by atoms with van der Waals surface area (Å²) in [6.45, 7) is 0.